The number of nitrogens with one attached hydrogen (secondary N) is 1. The average Bonchev–Trinajstić information content (AvgIpc) is 3.09. The molecule has 0 unspecified atom stereocenters. The van der Waals surface area contributed by atoms with Gasteiger partial charge in [-0.2, -0.15) is 11.3 Å². The van der Waals surface area contributed by atoms with Crippen molar-refractivity contribution in [1.29, 1.82) is 0 Å². The van der Waals surface area contributed by atoms with Crippen molar-refractivity contribution in [2.24, 2.45) is 11.7 Å². The first-order valence-corrected chi connectivity index (χ1v) is 9.01. The van der Waals surface area contributed by atoms with E-state index in [0.29, 0.717) is 0 Å². The summed E-state index contributed by atoms with van der Waals surface area (Å²) in [6.45, 7) is 3.50. The molecule has 1 atom stereocenters. The molecule has 1 aliphatic rings. The fraction of sp³-hybridized carbons (Fsp3) is 0.389. The largest absolute Gasteiger partial charge is 0.371 e. The summed E-state index contributed by atoms with van der Waals surface area (Å²) < 4.78 is 0. The van der Waals surface area contributed by atoms with E-state index in [1.807, 2.05) is 0 Å². The molecule has 1 saturated heterocycles. The van der Waals surface area contributed by atoms with Gasteiger partial charge in [-0.3, -0.25) is 4.79 Å². The maximum atomic E-state index is 11.4. The predicted molar refractivity (Wildman–Crippen MR) is 95.4 cm³/mol. The van der Waals surface area contributed by atoms with Gasteiger partial charge in [0.25, 0.3) is 0 Å². The molecule has 23 heavy (non-hydrogen) atoms. The van der Waals surface area contributed by atoms with Gasteiger partial charge in [-0.25, -0.2) is 0 Å². The molecule has 1 aromatic heterocycles. The Balaban J connectivity index is 1.53. The number of nitrogens with zero attached hydrogens (tertiary/aromatic N) is 1. The molecule has 1 amide bonds. The van der Waals surface area contributed by atoms with Crippen molar-refractivity contribution in [3.8, 4) is 0 Å². The van der Waals surface area contributed by atoms with Crippen LogP contribution in [-0.4, -0.2) is 19.0 Å². The summed E-state index contributed by atoms with van der Waals surface area (Å²) in [4.78, 5) is 13.7. The van der Waals surface area contributed by atoms with Gasteiger partial charge < -0.3 is 16.0 Å². The van der Waals surface area contributed by atoms with Crippen LogP contribution in [0.1, 0.15) is 24.0 Å². The van der Waals surface area contributed by atoms with E-state index in [0.717, 1.165) is 39.0 Å². The van der Waals surface area contributed by atoms with Gasteiger partial charge in [-0.15, -0.1) is 0 Å². The lowest BCUT2D eigenvalue weighted by Crippen LogP contribution is -2.41. The van der Waals surface area contributed by atoms with Gasteiger partial charge in [0.05, 0.1) is 5.92 Å². The second-order valence-electron chi connectivity index (χ2n) is 6.09. The predicted octanol–water partition coefficient (Wildman–Crippen LogP) is 2.74. The number of benzene rings is 1. The Morgan fingerprint density at radius 2 is 2.00 bits per heavy atom. The monoisotopic (exact) mass is 329 g/mol. The highest BCUT2D eigenvalue weighted by Crippen LogP contribution is 2.23. The van der Waals surface area contributed by atoms with Gasteiger partial charge in [-0.1, -0.05) is 12.1 Å². The molecule has 4 nitrogen and oxygen atoms in total. The van der Waals surface area contributed by atoms with Crippen LogP contribution >= 0.6 is 11.3 Å². The number of carbonyl (C=O) groups is 1. The number of anilines is 1. The summed E-state index contributed by atoms with van der Waals surface area (Å²) >= 11 is 1.73. The molecule has 0 radical (unpaired) electrons. The number of hydrogen-bond acceptors (Lipinski definition) is 4. The Morgan fingerprint density at radius 3 is 2.70 bits per heavy atom. The Hall–Kier alpha value is -1.85. The molecular weight excluding hydrogens is 306 g/mol. The first-order valence-electron chi connectivity index (χ1n) is 8.07. The zero-order valence-electron chi connectivity index (χ0n) is 13.2. The molecule has 0 aliphatic carbocycles. The van der Waals surface area contributed by atoms with Gasteiger partial charge in [0, 0.05) is 31.9 Å². The molecule has 0 spiro atoms. The lowest BCUT2D eigenvalue weighted by Gasteiger charge is -2.33. The van der Waals surface area contributed by atoms with Crippen LogP contribution in [0.5, 0.6) is 0 Å². The number of rotatable bonds is 6. The fourth-order valence-corrected chi connectivity index (χ4v) is 3.68. The third kappa shape index (κ3) is 4.33. The highest BCUT2D eigenvalue weighted by atomic mass is 32.1. The Labute approximate surface area is 141 Å². The SMILES string of the molecule is NC(=O)[C@@H]1CCCN(c2ccc(CNCc3ccsc3)cc2)C1. The lowest BCUT2D eigenvalue weighted by atomic mass is 9.97. The number of carbonyl (C=O) groups excluding carboxylic acids is 1. The fourth-order valence-electron chi connectivity index (χ4n) is 3.01. The minimum atomic E-state index is -0.177. The molecule has 0 saturated carbocycles. The second kappa shape index (κ2) is 7.62. The number of nitrogens with two attached hydrogens (primary N) is 1. The topological polar surface area (TPSA) is 58.4 Å². The summed E-state index contributed by atoms with van der Waals surface area (Å²) in [5.74, 6) is -0.195. The van der Waals surface area contributed by atoms with E-state index >= 15 is 0 Å². The van der Waals surface area contributed by atoms with Gasteiger partial charge in [-0.05, 0) is 52.9 Å². The Morgan fingerprint density at radius 1 is 1.22 bits per heavy atom. The normalized spacial score (nSPS) is 18.1. The van der Waals surface area contributed by atoms with Gasteiger partial charge >= 0.3 is 0 Å². The van der Waals surface area contributed by atoms with E-state index in [-0.39, 0.29) is 11.8 Å². The highest BCUT2D eigenvalue weighted by Gasteiger charge is 2.23. The standard InChI is InChI=1S/C18H23N3OS/c19-18(22)16-2-1-8-21(12-16)17-5-3-14(4-6-17)10-20-11-15-7-9-23-13-15/h3-7,9,13,16,20H,1-2,8,10-12H2,(H2,19,22)/t16-/m1/s1. The summed E-state index contributed by atoms with van der Waals surface area (Å²) in [6.07, 6.45) is 1.94. The summed E-state index contributed by atoms with van der Waals surface area (Å²) in [5, 5.41) is 7.73. The Bertz CT molecular complexity index is 624. The van der Waals surface area contributed by atoms with Crippen LogP contribution in [0, 0.1) is 5.92 Å². The molecule has 1 aliphatic heterocycles. The van der Waals surface area contributed by atoms with Crippen molar-refractivity contribution in [3.05, 3.63) is 52.2 Å². The van der Waals surface area contributed by atoms with E-state index in [9.17, 15) is 4.79 Å². The van der Waals surface area contributed by atoms with Crippen LogP contribution < -0.4 is 16.0 Å². The van der Waals surface area contributed by atoms with E-state index < -0.39 is 0 Å². The summed E-state index contributed by atoms with van der Waals surface area (Å²) in [5.41, 5.74) is 9.23. The zero-order valence-corrected chi connectivity index (χ0v) is 14.0. The number of amides is 1. The van der Waals surface area contributed by atoms with Crippen LogP contribution in [0.3, 0.4) is 0 Å². The molecule has 122 valence electrons. The molecule has 1 aromatic carbocycles. The lowest BCUT2D eigenvalue weighted by molar-refractivity contribution is -0.122. The van der Waals surface area contributed by atoms with Crippen molar-refractivity contribution in [3.63, 3.8) is 0 Å². The van der Waals surface area contributed by atoms with Crippen molar-refractivity contribution in [2.45, 2.75) is 25.9 Å². The van der Waals surface area contributed by atoms with Crippen molar-refractivity contribution >= 4 is 22.9 Å². The minimum absolute atomic E-state index is 0.0179. The maximum absolute atomic E-state index is 11.4. The smallest absolute Gasteiger partial charge is 0.222 e. The molecule has 3 N–H and O–H groups in total. The van der Waals surface area contributed by atoms with Gasteiger partial charge in [0.1, 0.15) is 0 Å². The first-order chi connectivity index (χ1) is 11.2. The van der Waals surface area contributed by atoms with Crippen LogP contribution in [0.4, 0.5) is 5.69 Å². The Kier molecular flexibility index (Phi) is 5.31. The molecule has 3 rings (SSSR count). The molecule has 5 heteroatoms. The number of hydrogen-bond donors (Lipinski definition) is 2. The molecule has 2 aromatic rings. The van der Waals surface area contributed by atoms with Crippen LogP contribution in [0.25, 0.3) is 0 Å². The summed E-state index contributed by atoms with van der Waals surface area (Å²) in [6, 6.07) is 10.7. The van der Waals surface area contributed by atoms with Crippen LogP contribution in [0.2, 0.25) is 0 Å². The van der Waals surface area contributed by atoms with E-state index in [4.69, 9.17) is 5.73 Å². The third-order valence-electron chi connectivity index (χ3n) is 4.36. The number of thiophene rings is 1. The van der Waals surface area contributed by atoms with Gasteiger partial charge in [0.2, 0.25) is 5.91 Å². The van der Waals surface area contributed by atoms with E-state index in [1.54, 1.807) is 11.3 Å². The van der Waals surface area contributed by atoms with Crippen molar-refractivity contribution < 1.29 is 4.79 Å². The quantitative estimate of drug-likeness (QED) is 0.857. The molecule has 2 heterocycles. The van der Waals surface area contributed by atoms with Gasteiger partial charge in [0.15, 0.2) is 0 Å². The van der Waals surface area contributed by atoms with Crippen LogP contribution in [0.15, 0.2) is 41.1 Å². The molecule has 1 fully saturated rings. The number of primary amides is 1. The zero-order chi connectivity index (χ0) is 16.1. The first kappa shape index (κ1) is 16.0. The maximum Gasteiger partial charge on any atom is 0.222 e. The molecule has 0 bridgehead atoms. The third-order valence-corrected chi connectivity index (χ3v) is 5.10. The average molecular weight is 329 g/mol. The van der Waals surface area contributed by atoms with E-state index in [1.165, 1.54) is 16.8 Å². The second-order valence-corrected chi connectivity index (χ2v) is 6.87. The highest BCUT2D eigenvalue weighted by molar-refractivity contribution is 7.07. The minimum Gasteiger partial charge on any atom is -0.371 e. The van der Waals surface area contributed by atoms with Crippen molar-refractivity contribution in [2.75, 3.05) is 18.0 Å². The summed E-state index contributed by atoms with van der Waals surface area (Å²) in [7, 11) is 0. The van der Waals surface area contributed by atoms with Crippen molar-refractivity contribution in [1.82, 2.24) is 5.32 Å². The van der Waals surface area contributed by atoms with E-state index in [2.05, 4.69) is 51.3 Å². The number of piperidine rings is 1. The van der Waals surface area contributed by atoms with Crippen LogP contribution in [-0.2, 0) is 17.9 Å². The molecular formula is C18H23N3OS.